The first-order valence-electron chi connectivity index (χ1n) is 9.62. The fraction of sp³-hybridized carbons (Fsp3) is 0.238. The lowest BCUT2D eigenvalue weighted by Crippen LogP contribution is -2.12. The van der Waals surface area contributed by atoms with Crippen LogP contribution in [0.2, 0.25) is 0 Å². The van der Waals surface area contributed by atoms with Gasteiger partial charge in [-0.05, 0) is 25.0 Å². The SMILES string of the molecule is NC(=CC(=NCc1ccccc1F)c1ccon1)c1ncc(F)c(NCCCCO)n1. The van der Waals surface area contributed by atoms with Crippen LogP contribution in [0.1, 0.15) is 29.9 Å². The Hall–Kier alpha value is -3.66. The van der Waals surface area contributed by atoms with Gasteiger partial charge in [0.05, 0.1) is 24.2 Å². The summed E-state index contributed by atoms with van der Waals surface area (Å²) in [4.78, 5) is 12.5. The molecule has 0 atom stereocenters. The summed E-state index contributed by atoms with van der Waals surface area (Å²) in [5.74, 6) is -0.898. The predicted molar refractivity (Wildman–Crippen MR) is 112 cm³/mol. The molecule has 0 fully saturated rings. The van der Waals surface area contributed by atoms with Crippen molar-refractivity contribution in [3.63, 3.8) is 0 Å². The van der Waals surface area contributed by atoms with Crippen molar-refractivity contribution in [3.8, 4) is 0 Å². The molecule has 0 radical (unpaired) electrons. The molecule has 0 saturated heterocycles. The number of rotatable bonds is 10. The van der Waals surface area contributed by atoms with E-state index in [-0.39, 0.29) is 36.3 Å². The summed E-state index contributed by atoms with van der Waals surface area (Å²) in [6.07, 6.45) is 5.11. The molecular weight excluding hydrogens is 406 g/mol. The molecule has 1 aromatic carbocycles. The van der Waals surface area contributed by atoms with Gasteiger partial charge in [-0.3, -0.25) is 4.99 Å². The molecule has 162 valence electrons. The molecule has 2 heterocycles. The summed E-state index contributed by atoms with van der Waals surface area (Å²) in [5, 5.41) is 15.5. The zero-order chi connectivity index (χ0) is 22.1. The topological polar surface area (TPSA) is 122 Å². The Kier molecular flexibility index (Phi) is 7.77. The molecule has 0 bridgehead atoms. The van der Waals surface area contributed by atoms with Crippen molar-refractivity contribution in [2.24, 2.45) is 10.7 Å². The molecule has 3 rings (SSSR count). The highest BCUT2D eigenvalue weighted by Gasteiger charge is 2.12. The Morgan fingerprint density at radius 1 is 1.19 bits per heavy atom. The normalized spacial score (nSPS) is 12.2. The lowest BCUT2D eigenvalue weighted by Gasteiger charge is -2.08. The molecule has 0 saturated carbocycles. The largest absolute Gasteiger partial charge is 0.396 e. The van der Waals surface area contributed by atoms with Gasteiger partial charge in [-0.25, -0.2) is 18.7 Å². The number of aliphatic hydroxyl groups excluding tert-OH is 1. The van der Waals surface area contributed by atoms with Gasteiger partial charge >= 0.3 is 0 Å². The second-order valence-corrected chi connectivity index (χ2v) is 6.52. The summed E-state index contributed by atoms with van der Waals surface area (Å²) in [5.41, 5.74) is 7.39. The van der Waals surface area contributed by atoms with Crippen LogP contribution in [0.25, 0.3) is 5.70 Å². The highest BCUT2D eigenvalue weighted by atomic mass is 19.1. The summed E-state index contributed by atoms with van der Waals surface area (Å²) < 4.78 is 32.8. The number of allylic oxidation sites excluding steroid dienone is 1. The maximum absolute atomic E-state index is 14.0. The van der Waals surface area contributed by atoms with Crippen molar-refractivity contribution >= 4 is 17.2 Å². The van der Waals surface area contributed by atoms with Crippen molar-refractivity contribution < 1.29 is 18.4 Å². The van der Waals surface area contributed by atoms with Crippen LogP contribution in [0.5, 0.6) is 0 Å². The lowest BCUT2D eigenvalue weighted by atomic mass is 10.2. The average molecular weight is 428 g/mol. The number of hydrogen-bond acceptors (Lipinski definition) is 8. The van der Waals surface area contributed by atoms with Crippen LogP contribution in [0.4, 0.5) is 14.6 Å². The van der Waals surface area contributed by atoms with Crippen LogP contribution >= 0.6 is 0 Å². The Bertz CT molecular complexity index is 1050. The van der Waals surface area contributed by atoms with Gasteiger partial charge in [0, 0.05) is 24.8 Å². The van der Waals surface area contributed by atoms with Crippen molar-refractivity contribution in [1.82, 2.24) is 15.1 Å². The summed E-state index contributed by atoms with van der Waals surface area (Å²) in [6, 6.07) is 7.88. The Morgan fingerprint density at radius 2 is 2.03 bits per heavy atom. The number of unbranched alkanes of at least 4 members (excludes halogenated alkanes) is 1. The molecule has 31 heavy (non-hydrogen) atoms. The van der Waals surface area contributed by atoms with Crippen molar-refractivity contribution in [2.45, 2.75) is 19.4 Å². The third-order valence-corrected chi connectivity index (χ3v) is 4.25. The molecule has 0 spiro atoms. The number of halogens is 2. The van der Waals surface area contributed by atoms with E-state index in [1.54, 1.807) is 24.3 Å². The third kappa shape index (κ3) is 6.16. The van der Waals surface area contributed by atoms with E-state index in [0.717, 1.165) is 6.20 Å². The van der Waals surface area contributed by atoms with Gasteiger partial charge in [0.15, 0.2) is 17.5 Å². The molecule has 0 amide bonds. The number of aliphatic imine (C=N–C) groups is 1. The summed E-state index contributed by atoms with van der Waals surface area (Å²) >= 11 is 0. The average Bonchev–Trinajstić information content (AvgIpc) is 3.31. The second kappa shape index (κ2) is 10.9. The van der Waals surface area contributed by atoms with E-state index in [4.69, 9.17) is 15.4 Å². The zero-order valence-corrected chi connectivity index (χ0v) is 16.6. The van der Waals surface area contributed by atoms with Gasteiger partial charge in [0.25, 0.3) is 0 Å². The van der Waals surface area contributed by atoms with E-state index >= 15 is 0 Å². The maximum atomic E-state index is 14.0. The molecule has 2 aromatic heterocycles. The number of anilines is 1. The minimum atomic E-state index is -0.620. The highest BCUT2D eigenvalue weighted by molar-refractivity contribution is 6.10. The minimum Gasteiger partial charge on any atom is -0.396 e. The van der Waals surface area contributed by atoms with Crippen molar-refractivity contribution in [1.29, 1.82) is 0 Å². The van der Waals surface area contributed by atoms with Crippen molar-refractivity contribution in [2.75, 3.05) is 18.5 Å². The molecule has 10 heteroatoms. The van der Waals surface area contributed by atoms with Crippen LogP contribution in [-0.4, -0.2) is 39.1 Å². The number of nitrogens with zero attached hydrogens (tertiary/aromatic N) is 4. The smallest absolute Gasteiger partial charge is 0.183 e. The highest BCUT2D eigenvalue weighted by Crippen LogP contribution is 2.15. The molecular formula is C21H22F2N6O2. The first kappa shape index (κ1) is 22.0. The van der Waals surface area contributed by atoms with Gasteiger partial charge in [0.2, 0.25) is 0 Å². The Balaban J connectivity index is 1.85. The number of aliphatic hydroxyl groups is 1. The van der Waals surface area contributed by atoms with E-state index < -0.39 is 5.82 Å². The predicted octanol–water partition coefficient (Wildman–Crippen LogP) is 2.92. The molecule has 0 aliphatic rings. The number of nitrogens with two attached hydrogens (primary N) is 1. The first-order chi connectivity index (χ1) is 15.1. The van der Waals surface area contributed by atoms with Crippen molar-refractivity contribution in [3.05, 3.63) is 77.6 Å². The Labute approximate surface area is 177 Å². The van der Waals surface area contributed by atoms with Gasteiger partial charge < -0.3 is 20.7 Å². The monoisotopic (exact) mass is 428 g/mol. The molecule has 0 unspecified atom stereocenters. The standard InChI is InChI=1S/C21H22F2N6O2/c22-15-6-2-1-5-14(15)12-26-19(18-7-10-31-29-18)11-17(24)21-27-13-16(23)20(28-21)25-8-3-4-9-30/h1-2,5-7,10-11,13,30H,3-4,8-9,12,24H2,(H,25,27,28). The molecule has 3 aromatic rings. The number of nitrogens with one attached hydrogen (secondary N) is 1. The summed E-state index contributed by atoms with van der Waals surface area (Å²) in [6.45, 7) is 0.554. The Morgan fingerprint density at radius 3 is 2.77 bits per heavy atom. The fourth-order valence-electron chi connectivity index (χ4n) is 2.63. The molecule has 4 N–H and O–H groups in total. The second-order valence-electron chi connectivity index (χ2n) is 6.52. The van der Waals surface area contributed by atoms with E-state index in [1.165, 1.54) is 18.4 Å². The number of aromatic nitrogens is 3. The van der Waals surface area contributed by atoms with Gasteiger partial charge in [-0.15, -0.1) is 0 Å². The molecule has 0 aliphatic carbocycles. The van der Waals surface area contributed by atoms with E-state index in [2.05, 4.69) is 25.4 Å². The third-order valence-electron chi connectivity index (χ3n) is 4.25. The lowest BCUT2D eigenvalue weighted by molar-refractivity contribution is 0.286. The number of benzene rings is 1. The van der Waals surface area contributed by atoms with E-state index in [0.29, 0.717) is 36.4 Å². The first-order valence-corrected chi connectivity index (χ1v) is 9.62. The molecule has 8 nitrogen and oxygen atoms in total. The van der Waals surface area contributed by atoms with Crippen LogP contribution in [-0.2, 0) is 6.54 Å². The number of hydrogen-bond donors (Lipinski definition) is 3. The fourth-order valence-corrected chi connectivity index (χ4v) is 2.63. The van der Waals surface area contributed by atoms with Crippen LogP contribution in [0.15, 0.2) is 58.4 Å². The van der Waals surface area contributed by atoms with Gasteiger partial charge in [-0.1, -0.05) is 23.4 Å². The molecule has 0 aliphatic heterocycles. The maximum Gasteiger partial charge on any atom is 0.183 e. The minimum absolute atomic E-state index is 0.00516. The van der Waals surface area contributed by atoms with Gasteiger partial charge in [0.1, 0.15) is 17.8 Å². The van der Waals surface area contributed by atoms with Crippen LogP contribution in [0, 0.1) is 11.6 Å². The summed E-state index contributed by atoms with van der Waals surface area (Å²) in [7, 11) is 0. The quantitative estimate of drug-likeness (QED) is 0.335. The van der Waals surface area contributed by atoms with E-state index in [1.807, 2.05) is 0 Å². The van der Waals surface area contributed by atoms with Crippen LogP contribution < -0.4 is 11.1 Å². The van der Waals surface area contributed by atoms with Gasteiger partial charge in [-0.2, -0.15) is 0 Å². The van der Waals surface area contributed by atoms with Crippen LogP contribution in [0.3, 0.4) is 0 Å². The zero-order valence-electron chi connectivity index (χ0n) is 16.6. The van der Waals surface area contributed by atoms with E-state index in [9.17, 15) is 8.78 Å².